The second-order valence-electron chi connectivity index (χ2n) is 5.41. The molecule has 6 heteroatoms. The lowest BCUT2D eigenvalue weighted by molar-refractivity contribution is -0.384. The Morgan fingerprint density at radius 2 is 1.85 bits per heavy atom. The normalized spacial score (nSPS) is 11.0. The average Bonchev–Trinajstić information content (AvgIpc) is 2.34. The van der Waals surface area contributed by atoms with Gasteiger partial charge in [-0.05, 0) is 39.3 Å². The first kappa shape index (κ1) is 15.9. The van der Waals surface area contributed by atoms with Crippen LogP contribution in [0.3, 0.4) is 0 Å². The van der Waals surface area contributed by atoms with E-state index in [4.69, 9.17) is 4.74 Å². The van der Waals surface area contributed by atoms with E-state index < -0.39 is 16.6 Å². The summed E-state index contributed by atoms with van der Waals surface area (Å²) >= 11 is 0. The molecule has 1 amide bonds. The van der Waals surface area contributed by atoms with Gasteiger partial charge in [0.2, 0.25) is 0 Å². The summed E-state index contributed by atoms with van der Waals surface area (Å²) in [7, 11) is 0. The molecule has 0 fully saturated rings. The minimum absolute atomic E-state index is 0.00520. The van der Waals surface area contributed by atoms with Crippen LogP contribution >= 0.6 is 0 Å². The lowest BCUT2D eigenvalue weighted by atomic mass is 10.2. The molecular weight excluding hydrogens is 260 g/mol. The summed E-state index contributed by atoms with van der Waals surface area (Å²) < 4.78 is 5.34. The van der Waals surface area contributed by atoms with Gasteiger partial charge in [-0.15, -0.1) is 0 Å². The van der Waals surface area contributed by atoms with Crippen molar-refractivity contribution in [2.24, 2.45) is 0 Å². The van der Waals surface area contributed by atoms with Crippen LogP contribution in [0.2, 0.25) is 0 Å². The summed E-state index contributed by atoms with van der Waals surface area (Å²) in [6.07, 6.45) is 0.309. The SMILES string of the molecule is CCCN(C(=O)OC(C)(C)C)c1ccc([N+](=O)[O-])cc1. The third kappa shape index (κ3) is 4.53. The molecule has 110 valence electrons. The van der Waals surface area contributed by atoms with Gasteiger partial charge < -0.3 is 4.74 Å². The molecule has 1 aromatic rings. The van der Waals surface area contributed by atoms with Gasteiger partial charge in [0.05, 0.1) is 4.92 Å². The zero-order valence-corrected chi connectivity index (χ0v) is 12.3. The smallest absolute Gasteiger partial charge is 0.414 e. The summed E-state index contributed by atoms with van der Waals surface area (Å²) in [5.41, 5.74) is 0.00483. The van der Waals surface area contributed by atoms with Crippen LogP contribution in [0.4, 0.5) is 16.2 Å². The summed E-state index contributed by atoms with van der Waals surface area (Å²) in [4.78, 5) is 23.8. The van der Waals surface area contributed by atoms with E-state index in [1.165, 1.54) is 17.0 Å². The molecule has 1 rings (SSSR count). The van der Waals surface area contributed by atoms with E-state index in [1.807, 2.05) is 6.92 Å². The lowest BCUT2D eigenvalue weighted by Crippen LogP contribution is -2.37. The van der Waals surface area contributed by atoms with Gasteiger partial charge in [0, 0.05) is 24.4 Å². The highest BCUT2D eigenvalue weighted by Crippen LogP contribution is 2.22. The van der Waals surface area contributed by atoms with E-state index in [0.29, 0.717) is 12.2 Å². The standard InChI is InChI=1S/C14H20N2O4/c1-5-10-15(13(17)20-14(2,3)4)11-6-8-12(9-7-11)16(18)19/h6-9H,5,10H2,1-4H3. The molecule has 0 heterocycles. The molecule has 0 atom stereocenters. The number of benzene rings is 1. The Kier molecular flexibility index (Phi) is 5.07. The van der Waals surface area contributed by atoms with Gasteiger partial charge in [0.1, 0.15) is 5.60 Å². The van der Waals surface area contributed by atoms with Crippen molar-refractivity contribution < 1.29 is 14.5 Å². The van der Waals surface area contributed by atoms with Crippen molar-refractivity contribution in [3.63, 3.8) is 0 Å². The van der Waals surface area contributed by atoms with Gasteiger partial charge in [0.15, 0.2) is 0 Å². The third-order valence-corrected chi connectivity index (χ3v) is 2.43. The van der Waals surface area contributed by atoms with Crippen molar-refractivity contribution in [2.45, 2.75) is 39.7 Å². The molecule has 0 saturated heterocycles. The second kappa shape index (κ2) is 6.36. The number of rotatable bonds is 4. The Labute approximate surface area is 118 Å². The zero-order chi connectivity index (χ0) is 15.3. The van der Waals surface area contributed by atoms with Crippen LogP contribution in [0.1, 0.15) is 34.1 Å². The number of nitro benzene ring substituents is 1. The predicted octanol–water partition coefficient (Wildman–Crippen LogP) is 3.75. The number of nitro groups is 1. The van der Waals surface area contributed by atoms with Gasteiger partial charge in [-0.2, -0.15) is 0 Å². The Morgan fingerprint density at radius 3 is 2.25 bits per heavy atom. The fourth-order valence-corrected chi connectivity index (χ4v) is 1.62. The molecule has 0 spiro atoms. The molecule has 0 unspecified atom stereocenters. The maximum atomic E-state index is 12.1. The maximum absolute atomic E-state index is 12.1. The number of ether oxygens (including phenoxy) is 1. The maximum Gasteiger partial charge on any atom is 0.414 e. The first-order valence-corrected chi connectivity index (χ1v) is 6.49. The van der Waals surface area contributed by atoms with E-state index >= 15 is 0 Å². The zero-order valence-electron chi connectivity index (χ0n) is 12.3. The number of anilines is 1. The highest BCUT2D eigenvalue weighted by atomic mass is 16.6. The Bertz CT molecular complexity index is 477. The average molecular weight is 280 g/mol. The number of hydrogen-bond donors (Lipinski definition) is 0. The molecule has 6 nitrogen and oxygen atoms in total. The number of carbonyl (C=O) groups is 1. The topological polar surface area (TPSA) is 72.7 Å². The molecule has 0 aromatic heterocycles. The minimum Gasteiger partial charge on any atom is -0.443 e. The van der Waals surface area contributed by atoms with Crippen molar-refractivity contribution in [1.29, 1.82) is 0 Å². The number of non-ortho nitro benzene ring substituents is 1. The fourth-order valence-electron chi connectivity index (χ4n) is 1.62. The van der Waals surface area contributed by atoms with Crippen LogP contribution in [0.15, 0.2) is 24.3 Å². The quantitative estimate of drug-likeness (QED) is 0.622. The van der Waals surface area contributed by atoms with Crippen molar-refractivity contribution in [2.75, 3.05) is 11.4 Å². The summed E-state index contributed by atoms with van der Waals surface area (Å²) in [6, 6.07) is 5.86. The second-order valence-corrected chi connectivity index (χ2v) is 5.41. The molecule has 0 aliphatic carbocycles. The molecule has 1 aromatic carbocycles. The number of hydrogen-bond acceptors (Lipinski definition) is 4. The predicted molar refractivity (Wildman–Crippen MR) is 77.0 cm³/mol. The fraction of sp³-hybridized carbons (Fsp3) is 0.500. The Balaban J connectivity index is 2.95. The van der Waals surface area contributed by atoms with Gasteiger partial charge >= 0.3 is 6.09 Å². The molecule has 0 aliphatic rings. The Morgan fingerprint density at radius 1 is 1.30 bits per heavy atom. The molecule has 0 bridgehead atoms. The molecular formula is C14H20N2O4. The minimum atomic E-state index is -0.580. The number of amides is 1. The van der Waals surface area contributed by atoms with Gasteiger partial charge in [-0.3, -0.25) is 15.0 Å². The van der Waals surface area contributed by atoms with Crippen LogP contribution in [0, 0.1) is 10.1 Å². The monoisotopic (exact) mass is 280 g/mol. The first-order chi connectivity index (χ1) is 9.24. The highest BCUT2D eigenvalue weighted by molar-refractivity contribution is 5.88. The van der Waals surface area contributed by atoms with E-state index in [-0.39, 0.29) is 5.69 Å². The van der Waals surface area contributed by atoms with Crippen molar-refractivity contribution in [3.05, 3.63) is 34.4 Å². The van der Waals surface area contributed by atoms with Crippen LogP contribution in [-0.2, 0) is 4.74 Å². The molecule has 0 aliphatic heterocycles. The summed E-state index contributed by atoms with van der Waals surface area (Å²) in [5, 5.41) is 10.6. The summed E-state index contributed by atoms with van der Waals surface area (Å²) in [6.45, 7) is 7.83. The first-order valence-electron chi connectivity index (χ1n) is 6.49. The van der Waals surface area contributed by atoms with Crippen molar-refractivity contribution >= 4 is 17.5 Å². The number of nitrogens with zero attached hydrogens (tertiary/aromatic N) is 2. The van der Waals surface area contributed by atoms with Crippen LogP contribution in [0.5, 0.6) is 0 Å². The molecule has 0 N–H and O–H groups in total. The van der Waals surface area contributed by atoms with Crippen molar-refractivity contribution in [3.8, 4) is 0 Å². The van der Waals surface area contributed by atoms with E-state index in [9.17, 15) is 14.9 Å². The molecule has 0 saturated carbocycles. The van der Waals surface area contributed by atoms with Crippen molar-refractivity contribution in [1.82, 2.24) is 0 Å². The van der Waals surface area contributed by atoms with Gasteiger partial charge in [0.25, 0.3) is 5.69 Å². The number of carbonyl (C=O) groups excluding carboxylic acids is 1. The van der Waals surface area contributed by atoms with E-state index in [1.54, 1.807) is 32.9 Å². The third-order valence-electron chi connectivity index (χ3n) is 2.43. The van der Waals surface area contributed by atoms with Crippen LogP contribution in [0.25, 0.3) is 0 Å². The highest BCUT2D eigenvalue weighted by Gasteiger charge is 2.23. The van der Waals surface area contributed by atoms with E-state index in [0.717, 1.165) is 6.42 Å². The van der Waals surface area contributed by atoms with Gasteiger partial charge in [-0.25, -0.2) is 4.79 Å². The van der Waals surface area contributed by atoms with E-state index in [2.05, 4.69) is 0 Å². The van der Waals surface area contributed by atoms with Crippen LogP contribution in [-0.4, -0.2) is 23.2 Å². The summed E-state index contributed by atoms with van der Waals surface area (Å²) in [5.74, 6) is 0. The largest absolute Gasteiger partial charge is 0.443 e. The van der Waals surface area contributed by atoms with Crippen LogP contribution < -0.4 is 4.90 Å². The Hall–Kier alpha value is -2.11. The van der Waals surface area contributed by atoms with Gasteiger partial charge in [-0.1, -0.05) is 6.92 Å². The molecule has 20 heavy (non-hydrogen) atoms. The molecule has 0 radical (unpaired) electrons. The lowest BCUT2D eigenvalue weighted by Gasteiger charge is -2.27.